The third-order valence-electron chi connectivity index (χ3n) is 7.35. The van der Waals surface area contributed by atoms with Gasteiger partial charge in [-0.15, -0.1) is 0 Å². The van der Waals surface area contributed by atoms with Crippen LogP contribution in [0.5, 0.6) is 5.75 Å². The maximum Gasteiger partial charge on any atom is 0.184 e. The second-order valence-corrected chi connectivity index (χ2v) is 10.9. The summed E-state index contributed by atoms with van der Waals surface area (Å²) in [5, 5.41) is 26.6. The first kappa shape index (κ1) is 19.9. The molecule has 1 aromatic carbocycles. The monoisotopic (exact) mass is 425 g/mol. The summed E-state index contributed by atoms with van der Waals surface area (Å²) >= 11 is 1.61. The molecule has 1 aromatic heterocycles. The van der Waals surface area contributed by atoms with E-state index in [-0.39, 0.29) is 5.75 Å². The first-order valence-corrected chi connectivity index (χ1v) is 11.7. The Morgan fingerprint density at radius 3 is 2.57 bits per heavy atom. The smallest absolute Gasteiger partial charge is 0.184 e. The number of rotatable bonds is 4. The van der Waals surface area contributed by atoms with Crippen LogP contribution in [0, 0.1) is 31.6 Å². The molecule has 2 aromatic rings. The van der Waals surface area contributed by atoms with Crippen LogP contribution in [0.2, 0.25) is 0 Å². The third-order valence-corrected chi connectivity index (χ3v) is 8.31. The van der Waals surface area contributed by atoms with E-state index < -0.39 is 5.60 Å². The molecule has 6 rings (SSSR count). The average Bonchev–Trinajstić information content (AvgIpc) is 2.95. The summed E-state index contributed by atoms with van der Waals surface area (Å²) in [5.41, 5.74) is 2.47. The van der Waals surface area contributed by atoms with Gasteiger partial charge in [0, 0.05) is 19.3 Å². The van der Waals surface area contributed by atoms with Gasteiger partial charge in [0.15, 0.2) is 5.13 Å². The maximum atomic E-state index is 10.8. The lowest BCUT2D eigenvalue weighted by Crippen LogP contribution is -2.58. The molecule has 4 fully saturated rings. The van der Waals surface area contributed by atoms with E-state index in [1.54, 1.807) is 17.4 Å². The van der Waals surface area contributed by atoms with Crippen molar-refractivity contribution in [1.82, 2.24) is 4.98 Å². The van der Waals surface area contributed by atoms with Crippen LogP contribution < -0.4 is 20.1 Å². The van der Waals surface area contributed by atoms with E-state index in [1.807, 2.05) is 32.0 Å². The zero-order valence-electron chi connectivity index (χ0n) is 18.0. The van der Waals surface area contributed by atoms with Crippen molar-refractivity contribution in [3.05, 3.63) is 33.1 Å². The van der Waals surface area contributed by atoms with Crippen molar-refractivity contribution >= 4 is 34.9 Å². The number of aromatic hydroxyl groups is 1. The fourth-order valence-electron chi connectivity index (χ4n) is 6.52. The van der Waals surface area contributed by atoms with Crippen molar-refractivity contribution in [2.75, 3.05) is 17.3 Å². The molecule has 160 valence electrons. The Morgan fingerprint density at radius 2 is 1.93 bits per heavy atom. The molecular formula is C24H31N3O2S. The Balaban J connectivity index is 1.39. The van der Waals surface area contributed by atoms with E-state index in [2.05, 4.69) is 18.0 Å². The minimum absolute atomic E-state index is 0.284. The molecule has 4 aliphatic carbocycles. The predicted octanol–water partition coefficient (Wildman–Crippen LogP) is 3.10. The molecule has 6 heteroatoms. The normalized spacial score (nSPS) is 32.6. The molecule has 0 spiro atoms. The van der Waals surface area contributed by atoms with Crippen LogP contribution in [-0.2, 0) is 0 Å². The maximum absolute atomic E-state index is 10.8. The van der Waals surface area contributed by atoms with Gasteiger partial charge in [-0.05, 0) is 80.9 Å². The second kappa shape index (κ2) is 6.99. The minimum Gasteiger partial charge on any atom is -0.506 e. The molecule has 0 amide bonds. The molecule has 5 nitrogen and oxygen atoms in total. The van der Waals surface area contributed by atoms with Crippen LogP contribution in [0.3, 0.4) is 0 Å². The van der Waals surface area contributed by atoms with E-state index in [4.69, 9.17) is 4.98 Å². The quantitative estimate of drug-likeness (QED) is 0.702. The van der Waals surface area contributed by atoms with E-state index in [0.717, 1.165) is 51.1 Å². The molecule has 0 saturated heterocycles. The molecule has 4 aliphatic rings. The van der Waals surface area contributed by atoms with Crippen LogP contribution >= 0.6 is 11.3 Å². The van der Waals surface area contributed by atoms with Gasteiger partial charge in [-0.25, -0.2) is 4.98 Å². The highest BCUT2D eigenvalue weighted by molar-refractivity contribution is 7.13. The van der Waals surface area contributed by atoms with Gasteiger partial charge in [0.2, 0.25) is 0 Å². The number of hydrogen-bond acceptors (Lipinski definition) is 6. The number of hydrogen-bond donors (Lipinski definition) is 3. The molecule has 4 bridgehead atoms. The average molecular weight is 426 g/mol. The first-order chi connectivity index (χ1) is 14.2. The number of aliphatic hydroxyl groups is 1. The summed E-state index contributed by atoms with van der Waals surface area (Å²) in [7, 11) is 1.95. The number of benzene rings is 1. The molecule has 0 aliphatic heterocycles. The fraction of sp³-hybridized carbons (Fsp3) is 0.542. The summed E-state index contributed by atoms with van der Waals surface area (Å²) in [6.07, 6.45) is 7.31. The number of nitrogens with one attached hydrogen (secondary N) is 1. The lowest BCUT2D eigenvalue weighted by atomic mass is 9.52. The lowest BCUT2D eigenvalue weighted by Gasteiger charge is -2.58. The summed E-state index contributed by atoms with van der Waals surface area (Å²) < 4.78 is 0.988. The third kappa shape index (κ3) is 3.40. The first-order valence-electron chi connectivity index (χ1n) is 10.9. The summed E-state index contributed by atoms with van der Waals surface area (Å²) in [6.45, 7) is 8.14. The van der Waals surface area contributed by atoms with Crippen molar-refractivity contribution in [2.24, 2.45) is 17.8 Å². The van der Waals surface area contributed by atoms with Crippen molar-refractivity contribution in [1.29, 1.82) is 0 Å². The number of thiazole rings is 1. The molecule has 3 N–H and O–H groups in total. The Bertz CT molecular complexity index is 1060. The Morgan fingerprint density at radius 1 is 1.23 bits per heavy atom. The van der Waals surface area contributed by atoms with Crippen LogP contribution in [0.15, 0.2) is 12.1 Å². The van der Waals surface area contributed by atoms with Gasteiger partial charge in [0.1, 0.15) is 5.75 Å². The van der Waals surface area contributed by atoms with Crippen LogP contribution in [0.4, 0.5) is 10.8 Å². The number of anilines is 2. The van der Waals surface area contributed by atoms with E-state index in [9.17, 15) is 10.2 Å². The number of phenols is 1. The molecule has 30 heavy (non-hydrogen) atoms. The Kier molecular flexibility index (Phi) is 4.63. The van der Waals surface area contributed by atoms with Gasteiger partial charge in [-0.1, -0.05) is 24.0 Å². The highest BCUT2D eigenvalue weighted by Gasteiger charge is 2.54. The SMILES string of the molecule is C=c1nc(NC2C3CC4CC2CC(O)(C4)C3)s/c1=C/N(C)c1c(C)cc(C)cc1O. The number of phenolic OH excluding ortho intramolecular Hbond substituents is 1. The summed E-state index contributed by atoms with van der Waals surface area (Å²) in [5.74, 6) is 2.07. The van der Waals surface area contributed by atoms with Crippen molar-refractivity contribution in [3.8, 4) is 5.75 Å². The largest absolute Gasteiger partial charge is 0.506 e. The zero-order valence-corrected chi connectivity index (χ0v) is 18.8. The standard InChI is InChI=1S/C24H31N3O2S/c1-13-5-14(2)22(19(28)6-13)27(4)12-20-15(3)25-23(30-20)26-21-17-7-16-8-18(21)11-24(29,9-16)10-17/h5-6,12,16-18,21,28-29H,3,7-11H2,1-2,4H3,(H,25,26)/b20-12+. The number of aryl methyl sites for hydroxylation is 2. The van der Waals surface area contributed by atoms with Crippen LogP contribution in [-0.4, -0.2) is 33.9 Å². The minimum atomic E-state index is -0.412. The van der Waals surface area contributed by atoms with Crippen molar-refractivity contribution < 1.29 is 10.2 Å². The van der Waals surface area contributed by atoms with Crippen LogP contribution in [0.25, 0.3) is 12.8 Å². The molecule has 2 atom stereocenters. The van der Waals surface area contributed by atoms with E-state index in [1.165, 1.54) is 12.8 Å². The Hall–Kier alpha value is -2.05. The predicted molar refractivity (Wildman–Crippen MR) is 123 cm³/mol. The molecule has 0 radical (unpaired) electrons. The van der Waals surface area contributed by atoms with Crippen molar-refractivity contribution in [2.45, 2.75) is 57.6 Å². The van der Waals surface area contributed by atoms with Gasteiger partial charge in [-0.3, -0.25) is 0 Å². The second-order valence-electron chi connectivity index (χ2n) is 9.88. The molecule has 4 saturated carbocycles. The topological polar surface area (TPSA) is 68.6 Å². The summed E-state index contributed by atoms with van der Waals surface area (Å²) in [4.78, 5) is 6.65. The zero-order chi connectivity index (χ0) is 21.2. The summed E-state index contributed by atoms with van der Waals surface area (Å²) in [6, 6.07) is 4.27. The number of nitrogens with zero attached hydrogens (tertiary/aromatic N) is 2. The van der Waals surface area contributed by atoms with Gasteiger partial charge < -0.3 is 20.4 Å². The van der Waals surface area contributed by atoms with E-state index >= 15 is 0 Å². The number of aromatic nitrogens is 1. The van der Waals surface area contributed by atoms with Crippen LogP contribution in [0.1, 0.15) is 43.2 Å². The van der Waals surface area contributed by atoms with Gasteiger partial charge in [0.25, 0.3) is 0 Å². The van der Waals surface area contributed by atoms with Gasteiger partial charge in [-0.2, -0.15) is 0 Å². The van der Waals surface area contributed by atoms with Crippen molar-refractivity contribution in [3.63, 3.8) is 0 Å². The molecular weight excluding hydrogens is 394 g/mol. The highest BCUT2D eigenvalue weighted by Crippen LogP contribution is 2.56. The van der Waals surface area contributed by atoms with Gasteiger partial charge in [0.05, 0.1) is 21.2 Å². The highest BCUT2D eigenvalue weighted by atomic mass is 32.1. The fourth-order valence-corrected chi connectivity index (χ4v) is 7.46. The van der Waals surface area contributed by atoms with Gasteiger partial charge >= 0.3 is 0 Å². The molecule has 1 heterocycles. The molecule has 2 unspecified atom stereocenters. The lowest BCUT2D eigenvalue weighted by molar-refractivity contribution is -0.129. The Labute approximate surface area is 181 Å². The van der Waals surface area contributed by atoms with E-state index in [0.29, 0.717) is 23.8 Å².